The van der Waals surface area contributed by atoms with E-state index in [1.54, 1.807) is 42.5 Å². The zero-order chi connectivity index (χ0) is 16.4. The molecule has 0 unspecified atom stereocenters. The average Bonchev–Trinajstić information content (AvgIpc) is 2.49. The zero-order valence-corrected chi connectivity index (χ0v) is 13.3. The Morgan fingerprint density at radius 2 is 1.83 bits per heavy atom. The van der Waals surface area contributed by atoms with E-state index >= 15 is 0 Å². The summed E-state index contributed by atoms with van der Waals surface area (Å²) in [5, 5.41) is 8.09. The van der Waals surface area contributed by atoms with Crippen LogP contribution in [0.5, 0.6) is 0 Å². The molecule has 0 aliphatic rings. The number of benzene rings is 2. The first kappa shape index (κ1) is 15.5. The van der Waals surface area contributed by atoms with E-state index in [-0.39, 0.29) is 17.9 Å². The molecule has 1 aromatic heterocycles. The van der Waals surface area contributed by atoms with Gasteiger partial charge in [-0.15, -0.1) is 0 Å². The lowest BCUT2D eigenvalue weighted by molar-refractivity contribution is -0.116. The maximum absolute atomic E-state index is 12.2. The van der Waals surface area contributed by atoms with Gasteiger partial charge in [0, 0.05) is 21.1 Å². The highest BCUT2D eigenvalue weighted by Crippen LogP contribution is 2.22. The highest BCUT2D eigenvalue weighted by atomic mass is 35.5. The standard InChI is InChI=1S/C16H11Cl2N3O2/c17-10-5-11(18)7-12(6-10)20-16(23)9-21-14-4-2-1-3-13(14)15(22)8-19-21/h1-8H,9H2,(H,20,23). The van der Waals surface area contributed by atoms with Gasteiger partial charge in [0.2, 0.25) is 11.3 Å². The third kappa shape index (κ3) is 3.52. The van der Waals surface area contributed by atoms with Crippen molar-refractivity contribution in [3.05, 3.63) is 68.9 Å². The van der Waals surface area contributed by atoms with Crippen LogP contribution >= 0.6 is 23.2 Å². The number of aromatic nitrogens is 2. The van der Waals surface area contributed by atoms with Crippen LogP contribution in [0.1, 0.15) is 0 Å². The third-order valence-corrected chi connectivity index (χ3v) is 3.64. The van der Waals surface area contributed by atoms with Crippen molar-refractivity contribution in [2.24, 2.45) is 0 Å². The molecule has 1 amide bonds. The van der Waals surface area contributed by atoms with Gasteiger partial charge in [0.05, 0.1) is 11.7 Å². The van der Waals surface area contributed by atoms with E-state index in [1.807, 2.05) is 0 Å². The van der Waals surface area contributed by atoms with Crippen molar-refractivity contribution in [2.75, 3.05) is 5.32 Å². The van der Waals surface area contributed by atoms with Gasteiger partial charge in [0.25, 0.3) is 0 Å². The van der Waals surface area contributed by atoms with Crippen molar-refractivity contribution in [3.8, 4) is 0 Å². The lowest BCUT2D eigenvalue weighted by Gasteiger charge is -2.10. The van der Waals surface area contributed by atoms with Crippen molar-refractivity contribution in [1.82, 2.24) is 9.78 Å². The first-order chi connectivity index (χ1) is 11.0. The van der Waals surface area contributed by atoms with Crippen LogP contribution in [0.2, 0.25) is 10.0 Å². The van der Waals surface area contributed by atoms with Crippen LogP contribution in [0, 0.1) is 0 Å². The summed E-state index contributed by atoms with van der Waals surface area (Å²) in [4.78, 5) is 24.0. The first-order valence-corrected chi connectivity index (χ1v) is 7.49. The van der Waals surface area contributed by atoms with Crippen molar-refractivity contribution in [1.29, 1.82) is 0 Å². The van der Waals surface area contributed by atoms with Gasteiger partial charge in [0.15, 0.2) is 0 Å². The lowest BCUT2D eigenvalue weighted by Crippen LogP contribution is -2.22. The number of carbonyl (C=O) groups excluding carboxylic acids is 1. The Kier molecular flexibility index (Phi) is 4.32. The van der Waals surface area contributed by atoms with E-state index in [9.17, 15) is 9.59 Å². The second kappa shape index (κ2) is 6.40. The minimum Gasteiger partial charge on any atom is -0.324 e. The fraction of sp³-hybridized carbons (Fsp3) is 0.0625. The number of carbonyl (C=O) groups is 1. The summed E-state index contributed by atoms with van der Waals surface area (Å²) in [6.07, 6.45) is 1.20. The molecule has 3 aromatic rings. The minimum atomic E-state index is -0.301. The van der Waals surface area contributed by atoms with Crippen LogP contribution in [0.4, 0.5) is 5.69 Å². The molecule has 116 valence electrons. The average molecular weight is 348 g/mol. The second-order valence-corrected chi connectivity index (χ2v) is 5.76. The van der Waals surface area contributed by atoms with E-state index in [4.69, 9.17) is 23.2 Å². The minimum absolute atomic E-state index is 0.0368. The molecular formula is C16H11Cl2N3O2. The lowest BCUT2D eigenvalue weighted by atomic mass is 10.2. The molecule has 7 heteroatoms. The fourth-order valence-corrected chi connectivity index (χ4v) is 2.78. The Morgan fingerprint density at radius 3 is 2.57 bits per heavy atom. The number of para-hydroxylation sites is 1. The highest BCUT2D eigenvalue weighted by molar-refractivity contribution is 6.35. The summed E-state index contributed by atoms with van der Waals surface area (Å²) in [7, 11) is 0. The molecule has 1 heterocycles. The molecule has 5 nitrogen and oxygen atoms in total. The highest BCUT2D eigenvalue weighted by Gasteiger charge is 2.09. The van der Waals surface area contributed by atoms with Crippen molar-refractivity contribution in [2.45, 2.75) is 6.54 Å². The first-order valence-electron chi connectivity index (χ1n) is 6.74. The summed E-state index contributed by atoms with van der Waals surface area (Å²) in [6, 6.07) is 11.8. The molecule has 1 N–H and O–H groups in total. The molecule has 2 aromatic carbocycles. The zero-order valence-electron chi connectivity index (χ0n) is 11.8. The Bertz CT molecular complexity index is 933. The second-order valence-electron chi connectivity index (χ2n) is 4.89. The van der Waals surface area contributed by atoms with Crippen molar-refractivity contribution >= 4 is 45.7 Å². The van der Waals surface area contributed by atoms with Gasteiger partial charge in [0.1, 0.15) is 6.54 Å². The van der Waals surface area contributed by atoms with Gasteiger partial charge in [-0.3, -0.25) is 14.3 Å². The number of amides is 1. The van der Waals surface area contributed by atoms with Crippen LogP contribution in [0.25, 0.3) is 10.9 Å². The van der Waals surface area contributed by atoms with Gasteiger partial charge in [-0.2, -0.15) is 5.10 Å². The fourth-order valence-electron chi connectivity index (χ4n) is 2.25. The monoisotopic (exact) mass is 347 g/mol. The Morgan fingerprint density at radius 1 is 1.13 bits per heavy atom. The van der Waals surface area contributed by atoms with E-state index < -0.39 is 0 Å². The van der Waals surface area contributed by atoms with Gasteiger partial charge in [-0.1, -0.05) is 35.3 Å². The van der Waals surface area contributed by atoms with Crippen LogP contribution in [0.3, 0.4) is 0 Å². The number of halogens is 2. The number of rotatable bonds is 3. The van der Waals surface area contributed by atoms with Gasteiger partial charge < -0.3 is 5.32 Å². The normalized spacial score (nSPS) is 10.7. The summed E-state index contributed by atoms with van der Waals surface area (Å²) in [6.45, 7) is -0.0368. The van der Waals surface area contributed by atoms with Gasteiger partial charge in [-0.25, -0.2) is 0 Å². The summed E-state index contributed by atoms with van der Waals surface area (Å²) in [5.41, 5.74) is 0.913. The number of anilines is 1. The molecule has 0 radical (unpaired) electrons. The Balaban J connectivity index is 1.86. The number of nitrogens with zero attached hydrogens (tertiary/aromatic N) is 2. The molecule has 23 heavy (non-hydrogen) atoms. The SMILES string of the molecule is O=C(Cn1ncc(=O)c2ccccc21)Nc1cc(Cl)cc(Cl)c1. The van der Waals surface area contributed by atoms with Crippen molar-refractivity contribution in [3.63, 3.8) is 0 Å². The summed E-state index contributed by atoms with van der Waals surface area (Å²) < 4.78 is 1.47. The van der Waals surface area contributed by atoms with Crippen molar-refractivity contribution < 1.29 is 4.79 Å². The van der Waals surface area contributed by atoms with E-state index in [1.165, 1.54) is 10.9 Å². The topological polar surface area (TPSA) is 64.0 Å². The Hall–Kier alpha value is -2.37. The molecule has 3 rings (SSSR count). The molecule has 0 aliphatic carbocycles. The van der Waals surface area contributed by atoms with Gasteiger partial charge >= 0.3 is 0 Å². The van der Waals surface area contributed by atoms with E-state index in [0.29, 0.717) is 26.6 Å². The molecule has 0 saturated carbocycles. The molecule has 0 saturated heterocycles. The number of nitrogens with one attached hydrogen (secondary N) is 1. The van der Waals surface area contributed by atoms with E-state index in [0.717, 1.165) is 0 Å². The summed E-state index contributed by atoms with van der Waals surface area (Å²) in [5.74, 6) is -0.301. The maximum atomic E-state index is 12.2. The third-order valence-electron chi connectivity index (χ3n) is 3.20. The number of fused-ring (bicyclic) bond motifs is 1. The molecule has 0 atom stereocenters. The largest absolute Gasteiger partial charge is 0.324 e. The van der Waals surface area contributed by atoms with E-state index in [2.05, 4.69) is 10.4 Å². The smallest absolute Gasteiger partial charge is 0.246 e. The molecule has 0 aliphatic heterocycles. The molecule has 0 fully saturated rings. The Labute approximate surface area is 141 Å². The maximum Gasteiger partial charge on any atom is 0.246 e. The van der Waals surface area contributed by atoms with Crippen LogP contribution in [0.15, 0.2) is 53.5 Å². The number of hydrogen-bond acceptors (Lipinski definition) is 3. The van der Waals surface area contributed by atoms with Crippen LogP contribution in [-0.4, -0.2) is 15.7 Å². The predicted molar refractivity (Wildman–Crippen MR) is 91.1 cm³/mol. The van der Waals surface area contributed by atoms with Crippen LogP contribution < -0.4 is 10.7 Å². The summed E-state index contributed by atoms with van der Waals surface area (Å²) >= 11 is 11.8. The molecule has 0 spiro atoms. The predicted octanol–water partition coefficient (Wildman–Crippen LogP) is 3.34. The molecule has 0 bridgehead atoms. The molecular weight excluding hydrogens is 337 g/mol. The quantitative estimate of drug-likeness (QED) is 0.790. The van der Waals surface area contributed by atoms with Gasteiger partial charge in [-0.05, 0) is 30.3 Å². The number of hydrogen-bond donors (Lipinski definition) is 1. The van der Waals surface area contributed by atoms with Crippen LogP contribution in [-0.2, 0) is 11.3 Å².